The molecule has 0 aliphatic carbocycles. The van der Waals surface area contributed by atoms with E-state index in [1.807, 2.05) is 24.4 Å². The zero-order chi connectivity index (χ0) is 23.8. The minimum absolute atomic E-state index is 0.316. The molecule has 0 unspecified atom stereocenters. The van der Waals surface area contributed by atoms with Gasteiger partial charge in [-0.3, -0.25) is 0 Å². The van der Waals surface area contributed by atoms with Crippen LogP contribution in [0.15, 0.2) is 42.9 Å². The van der Waals surface area contributed by atoms with Crippen molar-refractivity contribution >= 4 is 22.6 Å². The van der Waals surface area contributed by atoms with Crippen molar-refractivity contribution in [2.24, 2.45) is 0 Å². The standard InChI is InChI=1S/C24H28F2N8/c1-4-15(2)32-10-7-17(8-11-32)29-24-27-13-21-18(9-12-34(21)31-24)19-5-6-20-23(30-19)33(14-22(25)26)16(3)28-20/h5-6,9,12-13,17,22H,2,4,7-8,10-11,14H2,1,3H3,(H,29,31). The smallest absolute Gasteiger partial charge is 0.256 e. The first-order chi connectivity index (χ1) is 16.4. The summed E-state index contributed by atoms with van der Waals surface area (Å²) in [7, 11) is 0. The Morgan fingerprint density at radius 2 is 2.00 bits per heavy atom. The SMILES string of the molecule is C=C(CC)N1CCC(Nc2ncc3c(-c4ccc5nc(C)n(CC(F)F)c5n4)ccn3n2)CC1. The number of likely N-dealkylation sites (tertiary alicyclic amines) is 1. The number of hydrogen-bond donors (Lipinski definition) is 1. The highest BCUT2D eigenvalue weighted by Crippen LogP contribution is 2.27. The first-order valence-electron chi connectivity index (χ1n) is 11.6. The largest absolute Gasteiger partial charge is 0.375 e. The molecule has 0 amide bonds. The molecule has 1 aliphatic rings. The summed E-state index contributed by atoms with van der Waals surface area (Å²) in [6.45, 7) is 9.51. The average molecular weight is 467 g/mol. The Labute approximate surface area is 196 Å². The Kier molecular flexibility index (Phi) is 5.89. The number of hydrogen-bond acceptors (Lipinski definition) is 6. The zero-order valence-electron chi connectivity index (χ0n) is 19.4. The summed E-state index contributed by atoms with van der Waals surface area (Å²) in [6.07, 6.45) is 4.14. The van der Waals surface area contributed by atoms with Gasteiger partial charge in [0.1, 0.15) is 11.3 Å². The topological polar surface area (TPSA) is 76.2 Å². The minimum Gasteiger partial charge on any atom is -0.375 e. The second-order valence-corrected chi connectivity index (χ2v) is 8.67. The third kappa shape index (κ3) is 4.20. The normalized spacial score (nSPS) is 15.0. The molecule has 0 radical (unpaired) electrons. The van der Waals surface area contributed by atoms with Gasteiger partial charge in [0.2, 0.25) is 5.95 Å². The van der Waals surface area contributed by atoms with Crippen LogP contribution in [-0.2, 0) is 6.54 Å². The average Bonchev–Trinajstić information content (AvgIpc) is 3.39. The van der Waals surface area contributed by atoms with E-state index < -0.39 is 13.0 Å². The maximum Gasteiger partial charge on any atom is 0.256 e. The van der Waals surface area contributed by atoms with Gasteiger partial charge in [-0.15, -0.1) is 5.10 Å². The van der Waals surface area contributed by atoms with E-state index in [1.54, 1.807) is 17.6 Å². The molecule has 34 heavy (non-hydrogen) atoms. The van der Waals surface area contributed by atoms with Crippen molar-refractivity contribution in [2.75, 3.05) is 18.4 Å². The van der Waals surface area contributed by atoms with E-state index in [4.69, 9.17) is 0 Å². The quantitative estimate of drug-likeness (QED) is 0.432. The van der Waals surface area contributed by atoms with E-state index in [0.717, 1.165) is 43.4 Å². The number of fused-ring (bicyclic) bond motifs is 2. The highest BCUT2D eigenvalue weighted by molar-refractivity contribution is 5.82. The fourth-order valence-corrected chi connectivity index (χ4v) is 4.55. The van der Waals surface area contributed by atoms with Gasteiger partial charge in [0.15, 0.2) is 5.65 Å². The van der Waals surface area contributed by atoms with Gasteiger partial charge >= 0.3 is 0 Å². The third-order valence-electron chi connectivity index (χ3n) is 6.48. The summed E-state index contributed by atoms with van der Waals surface area (Å²) < 4.78 is 29.3. The summed E-state index contributed by atoms with van der Waals surface area (Å²) in [6, 6.07) is 5.89. The fourth-order valence-electron chi connectivity index (χ4n) is 4.55. The Bertz CT molecular complexity index is 1330. The first-order valence-corrected chi connectivity index (χ1v) is 11.6. The van der Waals surface area contributed by atoms with Crippen molar-refractivity contribution in [2.45, 2.75) is 52.1 Å². The van der Waals surface area contributed by atoms with Crippen LogP contribution in [0.3, 0.4) is 0 Å². The van der Waals surface area contributed by atoms with Crippen LogP contribution in [-0.4, -0.2) is 59.6 Å². The number of aromatic nitrogens is 6. The van der Waals surface area contributed by atoms with Crippen molar-refractivity contribution in [1.29, 1.82) is 0 Å². The summed E-state index contributed by atoms with van der Waals surface area (Å²) in [5.41, 5.74) is 4.53. The van der Waals surface area contributed by atoms with Gasteiger partial charge in [0.05, 0.1) is 24.0 Å². The monoisotopic (exact) mass is 466 g/mol. The zero-order valence-corrected chi connectivity index (χ0v) is 19.4. The van der Waals surface area contributed by atoms with Gasteiger partial charge in [-0.25, -0.2) is 28.2 Å². The molecule has 4 aromatic heterocycles. The van der Waals surface area contributed by atoms with Crippen molar-refractivity contribution < 1.29 is 8.78 Å². The number of anilines is 1. The summed E-state index contributed by atoms with van der Waals surface area (Å²) in [4.78, 5) is 15.9. The van der Waals surface area contributed by atoms with Crippen LogP contribution in [0.1, 0.15) is 32.0 Å². The highest BCUT2D eigenvalue weighted by atomic mass is 19.3. The number of alkyl halides is 2. The number of nitrogens with one attached hydrogen (secondary N) is 1. The lowest BCUT2D eigenvalue weighted by atomic mass is 10.0. The van der Waals surface area contributed by atoms with E-state index >= 15 is 0 Å². The molecule has 178 valence electrons. The lowest BCUT2D eigenvalue weighted by Gasteiger charge is -2.34. The van der Waals surface area contributed by atoms with Crippen molar-refractivity contribution in [1.82, 2.24) is 34.0 Å². The highest BCUT2D eigenvalue weighted by Gasteiger charge is 2.21. The van der Waals surface area contributed by atoms with E-state index in [-0.39, 0.29) is 0 Å². The predicted molar refractivity (Wildman–Crippen MR) is 128 cm³/mol. The van der Waals surface area contributed by atoms with Gasteiger partial charge in [-0.1, -0.05) is 13.5 Å². The molecule has 1 saturated heterocycles. The molecule has 1 aliphatic heterocycles. The molecule has 10 heteroatoms. The summed E-state index contributed by atoms with van der Waals surface area (Å²) in [5, 5.41) is 8.08. The van der Waals surface area contributed by atoms with Gasteiger partial charge in [-0.2, -0.15) is 0 Å². The maximum atomic E-state index is 13.1. The lowest BCUT2D eigenvalue weighted by molar-refractivity contribution is 0.127. The molecule has 0 aromatic carbocycles. The third-order valence-corrected chi connectivity index (χ3v) is 6.48. The molecule has 0 atom stereocenters. The molecule has 1 N–H and O–H groups in total. The predicted octanol–water partition coefficient (Wildman–Crippen LogP) is 4.51. The molecule has 0 saturated carbocycles. The van der Waals surface area contributed by atoms with E-state index in [0.29, 0.717) is 34.7 Å². The van der Waals surface area contributed by atoms with Crippen LogP contribution in [0.5, 0.6) is 0 Å². The molecular weight excluding hydrogens is 438 g/mol. The van der Waals surface area contributed by atoms with Gasteiger partial charge in [0.25, 0.3) is 6.43 Å². The molecule has 8 nitrogen and oxygen atoms in total. The second-order valence-electron chi connectivity index (χ2n) is 8.67. The Balaban J connectivity index is 1.37. The molecular formula is C24H28F2N8. The Morgan fingerprint density at radius 1 is 1.21 bits per heavy atom. The van der Waals surface area contributed by atoms with E-state index in [1.165, 1.54) is 10.3 Å². The number of rotatable bonds is 7. The molecule has 1 fully saturated rings. The number of halogens is 2. The number of pyridine rings is 1. The molecule has 5 heterocycles. The number of nitrogens with zero attached hydrogens (tertiary/aromatic N) is 7. The van der Waals surface area contributed by atoms with Crippen LogP contribution in [0.25, 0.3) is 27.9 Å². The molecule has 0 spiro atoms. The van der Waals surface area contributed by atoms with Crippen molar-refractivity contribution in [3.8, 4) is 11.3 Å². The number of imidazole rings is 1. The van der Waals surface area contributed by atoms with Crippen molar-refractivity contribution in [3.63, 3.8) is 0 Å². The fraction of sp³-hybridized carbons (Fsp3) is 0.417. The van der Waals surface area contributed by atoms with Crippen LogP contribution in [0, 0.1) is 6.92 Å². The van der Waals surface area contributed by atoms with Crippen LogP contribution >= 0.6 is 0 Å². The summed E-state index contributed by atoms with van der Waals surface area (Å²) >= 11 is 0. The second kappa shape index (κ2) is 9.00. The number of allylic oxidation sites excluding steroid dienone is 1. The Morgan fingerprint density at radius 3 is 2.74 bits per heavy atom. The van der Waals surface area contributed by atoms with E-state index in [9.17, 15) is 8.78 Å². The summed E-state index contributed by atoms with van der Waals surface area (Å²) in [5.74, 6) is 1.10. The van der Waals surface area contributed by atoms with Crippen LogP contribution in [0.2, 0.25) is 0 Å². The molecule has 5 rings (SSSR count). The Hall–Kier alpha value is -3.56. The molecule has 0 bridgehead atoms. The van der Waals surface area contributed by atoms with Gasteiger partial charge in [0, 0.05) is 36.6 Å². The number of piperidine rings is 1. The first kappa shape index (κ1) is 22.2. The van der Waals surface area contributed by atoms with Gasteiger partial charge < -0.3 is 14.8 Å². The van der Waals surface area contributed by atoms with Crippen LogP contribution in [0.4, 0.5) is 14.7 Å². The van der Waals surface area contributed by atoms with Crippen LogP contribution < -0.4 is 5.32 Å². The van der Waals surface area contributed by atoms with Gasteiger partial charge in [-0.05, 0) is 44.4 Å². The minimum atomic E-state index is -2.48. The van der Waals surface area contributed by atoms with Crippen molar-refractivity contribution in [3.05, 3.63) is 48.7 Å². The van der Waals surface area contributed by atoms with E-state index in [2.05, 4.69) is 43.8 Å². The lowest BCUT2D eigenvalue weighted by Crippen LogP contribution is -2.38. The number of aryl methyl sites for hydroxylation is 1. The maximum absolute atomic E-state index is 13.1. The molecule has 4 aromatic rings.